The Labute approximate surface area is 164 Å². The van der Waals surface area contributed by atoms with Gasteiger partial charge in [-0.2, -0.15) is 0 Å². The molecule has 0 aliphatic heterocycles. The van der Waals surface area contributed by atoms with E-state index in [2.05, 4.69) is 23.8 Å². The van der Waals surface area contributed by atoms with Crippen LogP contribution in [0.3, 0.4) is 0 Å². The molecular weight excluding hydrogens is 362 g/mol. The van der Waals surface area contributed by atoms with Crippen LogP contribution in [-0.4, -0.2) is 45.8 Å². The van der Waals surface area contributed by atoms with Crippen molar-refractivity contribution in [2.45, 2.75) is 78.0 Å². The zero-order valence-corrected chi connectivity index (χ0v) is 17.9. The van der Waals surface area contributed by atoms with Gasteiger partial charge in [-0.3, -0.25) is 0 Å². The summed E-state index contributed by atoms with van der Waals surface area (Å²) in [5.41, 5.74) is 0.726. The van der Waals surface area contributed by atoms with Crippen molar-refractivity contribution in [3.8, 4) is 5.88 Å². The Bertz CT molecular complexity index is 820. The lowest BCUT2D eigenvalue weighted by atomic mass is 9.92. The molecule has 1 amide bonds. The third-order valence-electron chi connectivity index (χ3n) is 5.08. The van der Waals surface area contributed by atoms with Gasteiger partial charge in [0.25, 0.3) is 0 Å². The first kappa shape index (κ1) is 19.9. The van der Waals surface area contributed by atoms with E-state index in [4.69, 9.17) is 9.47 Å². The summed E-state index contributed by atoms with van der Waals surface area (Å²) < 4.78 is 11.7. The fraction of sp³-hybridized carbons (Fsp3) is 0.650. The quantitative estimate of drug-likeness (QED) is 0.747. The number of nitrogens with zero attached hydrogens (tertiary/aromatic N) is 3. The first-order chi connectivity index (χ1) is 12.7. The Balaban J connectivity index is 1.61. The van der Waals surface area contributed by atoms with E-state index in [1.165, 1.54) is 10.4 Å². The van der Waals surface area contributed by atoms with Crippen LogP contribution in [0.5, 0.6) is 5.88 Å². The number of carbonyl (C=O) groups is 1. The third kappa shape index (κ3) is 4.51. The summed E-state index contributed by atoms with van der Waals surface area (Å²) in [6.45, 7) is 9.86. The molecule has 2 aromatic heterocycles. The zero-order chi connectivity index (χ0) is 19.8. The van der Waals surface area contributed by atoms with Gasteiger partial charge in [-0.05, 0) is 65.9 Å². The minimum atomic E-state index is -0.472. The summed E-state index contributed by atoms with van der Waals surface area (Å²) >= 11 is 1.68. The number of amides is 1. The molecule has 1 aliphatic carbocycles. The number of hydrogen-bond donors (Lipinski definition) is 0. The largest absolute Gasteiger partial charge is 0.474 e. The van der Waals surface area contributed by atoms with E-state index >= 15 is 0 Å². The Morgan fingerprint density at radius 3 is 2.48 bits per heavy atom. The van der Waals surface area contributed by atoms with Crippen LogP contribution in [0.15, 0.2) is 6.33 Å². The van der Waals surface area contributed by atoms with E-state index < -0.39 is 5.60 Å². The monoisotopic (exact) mass is 391 g/mol. The summed E-state index contributed by atoms with van der Waals surface area (Å²) in [6.07, 6.45) is 5.03. The van der Waals surface area contributed by atoms with E-state index in [0.717, 1.165) is 35.9 Å². The fourth-order valence-electron chi connectivity index (χ4n) is 3.43. The minimum Gasteiger partial charge on any atom is -0.474 e. The zero-order valence-electron chi connectivity index (χ0n) is 17.0. The molecule has 148 valence electrons. The van der Waals surface area contributed by atoms with Crippen molar-refractivity contribution < 1.29 is 14.3 Å². The van der Waals surface area contributed by atoms with Gasteiger partial charge < -0.3 is 14.4 Å². The average Bonchev–Trinajstić information content (AvgIpc) is 2.89. The van der Waals surface area contributed by atoms with Gasteiger partial charge in [0.2, 0.25) is 5.88 Å². The molecular formula is C20H29N3O3S. The molecule has 0 N–H and O–H groups in total. The number of ether oxygens (including phenoxy) is 2. The van der Waals surface area contributed by atoms with Crippen molar-refractivity contribution in [1.29, 1.82) is 0 Å². The highest BCUT2D eigenvalue weighted by atomic mass is 32.1. The summed E-state index contributed by atoms with van der Waals surface area (Å²) in [5.74, 6) is 0.686. The summed E-state index contributed by atoms with van der Waals surface area (Å²) in [6, 6.07) is 0.190. The summed E-state index contributed by atoms with van der Waals surface area (Å²) in [7, 11) is 1.82. The van der Waals surface area contributed by atoms with Crippen LogP contribution in [0.2, 0.25) is 0 Å². The van der Waals surface area contributed by atoms with Crippen LogP contribution in [0.25, 0.3) is 10.2 Å². The number of aromatic nitrogens is 2. The van der Waals surface area contributed by atoms with Crippen LogP contribution in [0.4, 0.5) is 4.79 Å². The van der Waals surface area contributed by atoms with Gasteiger partial charge in [0.05, 0.1) is 5.39 Å². The van der Waals surface area contributed by atoms with Crippen LogP contribution >= 0.6 is 11.3 Å². The van der Waals surface area contributed by atoms with Gasteiger partial charge in [-0.25, -0.2) is 14.8 Å². The van der Waals surface area contributed by atoms with E-state index in [1.807, 2.05) is 27.8 Å². The highest BCUT2D eigenvalue weighted by Gasteiger charge is 2.30. The maximum Gasteiger partial charge on any atom is 0.410 e. The number of hydrogen-bond acceptors (Lipinski definition) is 6. The lowest BCUT2D eigenvalue weighted by molar-refractivity contribution is 0.0138. The minimum absolute atomic E-state index is 0.117. The second kappa shape index (κ2) is 7.62. The standard InChI is InChI=1S/C20H29N3O3S/c1-12-13(2)27-18-16(12)17(21-11-22-18)25-15-9-7-14(8-10-15)23(6)19(24)26-20(3,4)5/h11,14-15H,7-10H2,1-6H3. The second-order valence-electron chi connectivity index (χ2n) is 8.28. The van der Waals surface area contributed by atoms with Crippen LogP contribution < -0.4 is 4.74 Å². The van der Waals surface area contributed by atoms with Crippen molar-refractivity contribution in [3.63, 3.8) is 0 Å². The van der Waals surface area contributed by atoms with E-state index in [-0.39, 0.29) is 18.2 Å². The molecule has 0 saturated heterocycles. The van der Waals surface area contributed by atoms with Crippen LogP contribution in [-0.2, 0) is 4.74 Å². The first-order valence-electron chi connectivity index (χ1n) is 9.49. The molecule has 2 aromatic rings. The number of aryl methyl sites for hydroxylation is 2. The molecule has 0 unspecified atom stereocenters. The van der Waals surface area contributed by atoms with E-state index in [1.54, 1.807) is 22.6 Å². The maximum atomic E-state index is 12.3. The molecule has 0 aromatic carbocycles. The normalized spacial score (nSPS) is 20.5. The number of thiophene rings is 1. The highest BCUT2D eigenvalue weighted by molar-refractivity contribution is 7.18. The number of fused-ring (bicyclic) bond motifs is 1. The predicted molar refractivity (Wildman–Crippen MR) is 108 cm³/mol. The molecule has 1 aliphatic rings. The molecule has 0 atom stereocenters. The van der Waals surface area contributed by atoms with Crippen molar-refractivity contribution in [3.05, 3.63) is 16.8 Å². The van der Waals surface area contributed by atoms with Gasteiger partial charge in [0.1, 0.15) is 22.9 Å². The van der Waals surface area contributed by atoms with Crippen molar-refractivity contribution in [1.82, 2.24) is 14.9 Å². The van der Waals surface area contributed by atoms with Crippen LogP contribution in [0, 0.1) is 13.8 Å². The average molecular weight is 392 g/mol. The van der Waals surface area contributed by atoms with Crippen LogP contribution in [0.1, 0.15) is 56.9 Å². The number of rotatable bonds is 3. The Kier molecular flexibility index (Phi) is 5.60. The molecule has 3 rings (SSSR count). The van der Waals surface area contributed by atoms with E-state index in [9.17, 15) is 4.79 Å². The smallest absolute Gasteiger partial charge is 0.410 e. The Morgan fingerprint density at radius 2 is 1.85 bits per heavy atom. The van der Waals surface area contributed by atoms with Gasteiger partial charge in [-0.15, -0.1) is 11.3 Å². The SMILES string of the molecule is Cc1sc2ncnc(OC3CCC(N(C)C(=O)OC(C)(C)C)CC3)c2c1C. The summed E-state index contributed by atoms with van der Waals surface area (Å²) in [4.78, 5) is 25.0. The molecule has 27 heavy (non-hydrogen) atoms. The number of carbonyl (C=O) groups excluding carboxylic acids is 1. The lowest BCUT2D eigenvalue weighted by Crippen LogP contribution is -2.43. The van der Waals surface area contributed by atoms with E-state index in [0.29, 0.717) is 5.88 Å². The van der Waals surface area contributed by atoms with Crippen molar-refractivity contribution in [2.24, 2.45) is 0 Å². The lowest BCUT2D eigenvalue weighted by Gasteiger charge is -2.35. The second-order valence-corrected chi connectivity index (χ2v) is 9.49. The molecule has 6 nitrogen and oxygen atoms in total. The van der Waals surface area contributed by atoms with Gasteiger partial charge in [0, 0.05) is 18.0 Å². The maximum absolute atomic E-state index is 12.3. The van der Waals surface area contributed by atoms with Gasteiger partial charge >= 0.3 is 6.09 Å². The molecule has 2 heterocycles. The Morgan fingerprint density at radius 1 is 1.19 bits per heavy atom. The van der Waals surface area contributed by atoms with Gasteiger partial charge in [0.15, 0.2) is 0 Å². The molecule has 7 heteroatoms. The molecule has 0 bridgehead atoms. The fourth-order valence-corrected chi connectivity index (χ4v) is 4.42. The predicted octanol–water partition coefficient (Wildman–Crippen LogP) is 4.87. The third-order valence-corrected chi connectivity index (χ3v) is 6.20. The highest BCUT2D eigenvalue weighted by Crippen LogP contribution is 2.35. The first-order valence-corrected chi connectivity index (χ1v) is 10.3. The molecule has 0 radical (unpaired) electrons. The topological polar surface area (TPSA) is 64.6 Å². The molecule has 1 fully saturated rings. The summed E-state index contributed by atoms with van der Waals surface area (Å²) in [5, 5.41) is 1.04. The Hall–Kier alpha value is -1.89. The molecule has 0 spiro atoms. The van der Waals surface area contributed by atoms with Gasteiger partial charge in [-0.1, -0.05) is 0 Å². The molecule has 1 saturated carbocycles. The van der Waals surface area contributed by atoms with Crippen molar-refractivity contribution in [2.75, 3.05) is 7.05 Å². The van der Waals surface area contributed by atoms with Crippen molar-refractivity contribution >= 4 is 27.6 Å².